The Morgan fingerprint density at radius 2 is 2.33 bits per heavy atom. The summed E-state index contributed by atoms with van der Waals surface area (Å²) < 4.78 is 1.75. The average molecular weight is 204 g/mol. The van der Waals surface area contributed by atoms with E-state index in [4.69, 9.17) is 0 Å². The topological polar surface area (TPSA) is 53.7 Å². The van der Waals surface area contributed by atoms with E-state index >= 15 is 0 Å². The molecule has 2 aromatic heterocycles. The third-order valence-electron chi connectivity index (χ3n) is 2.79. The molecule has 5 nitrogen and oxygen atoms in total. The fourth-order valence-electron chi connectivity index (χ4n) is 2.07. The van der Waals surface area contributed by atoms with Crippen LogP contribution in [-0.2, 0) is 19.7 Å². The van der Waals surface area contributed by atoms with E-state index in [0.717, 1.165) is 30.1 Å². The van der Waals surface area contributed by atoms with Crippen molar-refractivity contribution in [1.29, 1.82) is 0 Å². The molecule has 2 aromatic rings. The van der Waals surface area contributed by atoms with Crippen LogP contribution in [0.1, 0.15) is 17.0 Å². The molecule has 0 atom stereocenters. The Hall–Kier alpha value is -1.46. The van der Waals surface area contributed by atoms with Gasteiger partial charge in [0.15, 0.2) is 5.65 Å². The van der Waals surface area contributed by atoms with Crippen LogP contribution in [0.3, 0.4) is 0 Å². The molecule has 0 amide bonds. The number of fused-ring (bicyclic) bond motifs is 3. The molecule has 0 radical (unpaired) electrons. The lowest BCUT2D eigenvalue weighted by molar-refractivity contribution is 0.273. The molecule has 0 fully saturated rings. The molecule has 0 spiro atoms. The van der Waals surface area contributed by atoms with Gasteiger partial charge >= 0.3 is 0 Å². The van der Waals surface area contributed by atoms with Gasteiger partial charge in [-0.1, -0.05) is 0 Å². The highest BCUT2D eigenvalue weighted by atomic mass is 16.3. The van der Waals surface area contributed by atoms with E-state index in [1.807, 2.05) is 0 Å². The first-order valence-electron chi connectivity index (χ1n) is 4.93. The summed E-state index contributed by atoms with van der Waals surface area (Å²) in [6.45, 7) is 1.75. The Bertz CT molecular complexity index is 519. The lowest BCUT2D eigenvalue weighted by Gasteiger charge is -2.06. The average Bonchev–Trinajstić information content (AvgIpc) is 2.73. The number of rotatable bonds is 1. The smallest absolute Gasteiger partial charge is 0.160 e. The van der Waals surface area contributed by atoms with E-state index in [-0.39, 0.29) is 6.61 Å². The molecule has 0 unspecified atom stereocenters. The van der Waals surface area contributed by atoms with Crippen molar-refractivity contribution in [3.05, 3.63) is 29.2 Å². The van der Waals surface area contributed by atoms with Crippen molar-refractivity contribution in [3.63, 3.8) is 0 Å². The lowest BCUT2D eigenvalue weighted by atomic mass is 10.3. The Kier molecular flexibility index (Phi) is 1.77. The van der Waals surface area contributed by atoms with Crippen molar-refractivity contribution < 1.29 is 5.11 Å². The highest BCUT2D eigenvalue weighted by molar-refractivity contribution is 5.52. The molecule has 15 heavy (non-hydrogen) atoms. The molecule has 78 valence electrons. The van der Waals surface area contributed by atoms with Gasteiger partial charge in [0, 0.05) is 24.8 Å². The number of aromatic nitrogens is 3. The van der Waals surface area contributed by atoms with Crippen molar-refractivity contribution in [2.45, 2.75) is 19.7 Å². The zero-order chi connectivity index (χ0) is 10.4. The summed E-state index contributed by atoms with van der Waals surface area (Å²) >= 11 is 0. The molecule has 3 heterocycles. The van der Waals surface area contributed by atoms with E-state index in [9.17, 15) is 5.11 Å². The predicted octanol–water partition coefficient (Wildman–Crippen LogP) is 0.167. The molecule has 1 aliphatic heterocycles. The van der Waals surface area contributed by atoms with Crippen molar-refractivity contribution >= 4 is 5.65 Å². The Labute approximate surface area is 87.0 Å². The molecule has 3 rings (SSSR count). The van der Waals surface area contributed by atoms with Crippen molar-refractivity contribution in [2.75, 3.05) is 7.05 Å². The Balaban J connectivity index is 2.27. The van der Waals surface area contributed by atoms with Crippen LogP contribution in [0.5, 0.6) is 0 Å². The zero-order valence-electron chi connectivity index (χ0n) is 8.51. The number of hydrogen-bond donors (Lipinski definition) is 1. The minimum Gasteiger partial charge on any atom is -0.390 e. The summed E-state index contributed by atoms with van der Waals surface area (Å²) in [4.78, 5) is 6.52. The number of aliphatic hydroxyl groups excluding tert-OH is 1. The second kappa shape index (κ2) is 3.01. The molecular weight excluding hydrogens is 192 g/mol. The molecular formula is C10H12N4O. The van der Waals surface area contributed by atoms with Gasteiger partial charge in [-0.25, -0.2) is 9.50 Å². The summed E-state index contributed by atoms with van der Waals surface area (Å²) in [5.74, 6) is 0. The second-order valence-corrected chi connectivity index (χ2v) is 3.93. The first-order chi connectivity index (χ1) is 7.29. The van der Waals surface area contributed by atoms with E-state index in [2.05, 4.69) is 22.0 Å². The van der Waals surface area contributed by atoms with Gasteiger partial charge in [0.2, 0.25) is 0 Å². The Morgan fingerprint density at radius 3 is 3.13 bits per heavy atom. The van der Waals surface area contributed by atoms with Crippen molar-refractivity contribution in [2.24, 2.45) is 0 Å². The van der Waals surface area contributed by atoms with E-state index in [1.54, 1.807) is 16.8 Å². The molecule has 1 aliphatic rings. The van der Waals surface area contributed by atoms with Gasteiger partial charge in [0.05, 0.1) is 18.0 Å². The normalized spacial score (nSPS) is 16.1. The molecule has 0 aromatic carbocycles. The van der Waals surface area contributed by atoms with Gasteiger partial charge in [-0.15, -0.1) is 0 Å². The van der Waals surface area contributed by atoms with Crippen molar-refractivity contribution in [1.82, 2.24) is 19.5 Å². The quantitative estimate of drug-likeness (QED) is 0.719. The van der Waals surface area contributed by atoms with Crippen LogP contribution in [0, 0.1) is 0 Å². The van der Waals surface area contributed by atoms with Gasteiger partial charge < -0.3 is 5.11 Å². The fraction of sp³-hybridized carbons (Fsp3) is 0.400. The third kappa shape index (κ3) is 1.17. The summed E-state index contributed by atoms with van der Waals surface area (Å²) in [5.41, 5.74) is 3.93. The monoisotopic (exact) mass is 204 g/mol. The predicted molar refractivity (Wildman–Crippen MR) is 54.1 cm³/mol. The molecule has 5 heteroatoms. The van der Waals surface area contributed by atoms with Crippen LogP contribution >= 0.6 is 0 Å². The molecule has 0 saturated carbocycles. The zero-order valence-corrected chi connectivity index (χ0v) is 8.51. The van der Waals surface area contributed by atoms with Crippen LogP contribution in [0.25, 0.3) is 5.65 Å². The van der Waals surface area contributed by atoms with Gasteiger partial charge in [-0.2, -0.15) is 5.10 Å². The maximum atomic E-state index is 9.18. The van der Waals surface area contributed by atoms with E-state index < -0.39 is 0 Å². The number of hydrogen-bond acceptors (Lipinski definition) is 4. The summed E-state index contributed by atoms with van der Waals surface area (Å²) in [5, 5.41) is 13.6. The number of nitrogens with zero attached hydrogens (tertiary/aromatic N) is 4. The largest absolute Gasteiger partial charge is 0.390 e. The molecule has 1 N–H and O–H groups in total. The lowest BCUT2D eigenvalue weighted by Crippen LogP contribution is -2.10. The fourth-order valence-corrected chi connectivity index (χ4v) is 2.07. The maximum absolute atomic E-state index is 9.18. The number of aliphatic hydroxyl groups is 1. The highest BCUT2D eigenvalue weighted by Gasteiger charge is 2.23. The van der Waals surface area contributed by atoms with Crippen LogP contribution in [0.15, 0.2) is 12.3 Å². The highest BCUT2D eigenvalue weighted by Crippen LogP contribution is 2.24. The Morgan fingerprint density at radius 1 is 1.47 bits per heavy atom. The minimum absolute atomic E-state index is 0.00454. The third-order valence-corrected chi connectivity index (χ3v) is 2.79. The molecule has 0 saturated heterocycles. The van der Waals surface area contributed by atoms with Crippen molar-refractivity contribution in [3.8, 4) is 0 Å². The second-order valence-electron chi connectivity index (χ2n) is 3.93. The van der Waals surface area contributed by atoms with Gasteiger partial charge in [0.1, 0.15) is 0 Å². The molecule has 0 bridgehead atoms. The summed E-state index contributed by atoms with van der Waals surface area (Å²) in [7, 11) is 2.06. The van der Waals surface area contributed by atoms with Crippen LogP contribution < -0.4 is 0 Å². The van der Waals surface area contributed by atoms with E-state index in [0.29, 0.717) is 0 Å². The maximum Gasteiger partial charge on any atom is 0.160 e. The van der Waals surface area contributed by atoms with Gasteiger partial charge in [0.25, 0.3) is 0 Å². The first-order valence-corrected chi connectivity index (χ1v) is 4.93. The van der Waals surface area contributed by atoms with E-state index in [1.165, 1.54) is 5.56 Å². The van der Waals surface area contributed by atoms with Gasteiger partial charge in [-0.05, 0) is 13.1 Å². The van der Waals surface area contributed by atoms with Crippen LogP contribution in [0.4, 0.5) is 0 Å². The first kappa shape index (κ1) is 8.82. The molecule has 0 aliphatic carbocycles. The standard InChI is InChI=1S/C10H12N4O/c1-13-4-8-9(5-13)12-14-7(6-15)2-3-11-10(8)14/h2-3,15H,4-6H2,1H3. The van der Waals surface area contributed by atoms with Crippen LogP contribution in [-0.4, -0.2) is 31.7 Å². The SMILES string of the molecule is CN1Cc2nn3c(CO)ccnc3c2C1. The van der Waals surface area contributed by atoms with Gasteiger partial charge in [-0.3, -0.25) is 4.90 Å². The van der Waals surface area contributed by atoms with Crippen LogP contribution in [0.2, 0.25) is 0 Å². The summed E-state index contributed by atoms with van der Waals surface area (Å²) in [6.07, 6.45) is 1.72. The summed E-state index contributed by atoms with van der Waals surface area (Å²) in [6, 6.07) is 1.79. The minimum atomic E-state index is -0.00454.